The Bertz CT molecular complexity index is 1500. The van der Waals surface area contributed by atoms with E-state index in [2.05, 4.69) is 20.3 Å². The number of halogens is 3. The molecule has 2 aromatic carbocycles. The first-order valence-corrected chi connectivity index (χ1v) is 13.5. The second-order valence-electron chi connectivity index (χ2n) is 9.82. The van der Waals surface area contributed by atoms with Crippen molar-refractivity contribution in [2.75, 3.05) is 11.3 Å². The topological polar surface area (TPSA) is 129 Å². The largest absolute Gasteiger partial charge is 0.444 e. The van der Waals surface area contributed by atoms with Crippen LogP contribution in [-0.4, -0.2) is 43.1 Å². The molecule has 4 rings (SSSR count). The highest BCUT2D eigenvalue weighted by molar-refractivity contribution is 7.92. The van der Waals surface area contributed by atoms with Gasteiger partial charge in [-0.15, -0.1) is 0 Å². The maximum Gasteiger partial charge on any atom is 0.408 e. The van der Waals surface area contributed by atoms with Gasteiger partial charge in [-0.3, -0.25) is 9.52 Å². The average molecular weight is 571 g/mol. The molecule has 0 unspecified atom stereocenters. The van der Waals surface area contributed by atoms with E-state index in [4.69, 9.17) is 27.9 Å². The number of anilines is 1. The maximum atomic E-state index is 14.9. The second-order valence-corrected chi connectivity index (χ2v) is 12.3. The molecule has 3 aromatic rings. The van der Waals surface area contributed by atoms with Crippen LogP contribution in [0.5, 0.6) is 0 Å². The lowest BCUT2D eigenvalue weighted by Gasteiger charge is -2.23. The number of carbonyl (C=O) groups excluding carboxylic acids is 2. The Balaban J connectivity index is 1.44. The summed E-state index contributed by atoms with van der Waals surface area (Å²) in [6, 6.07) is 5.95. The molecule has 0 aliphatic heterocycles. The molecular formula is C24H25Cl2FN4O5S. The zero-order valence-electron chi connectivity index (χ0n) is 20.2. The zero-order valence-corrected chi connectivity index (χ0v) is 22.5. The summed E-state index contributed by atoms with van der Waals surface area (Å²) in [6.45, 7) is 5.34. The van der Waals surface area contributed by atoms with Gasteiger partial charge in [0.05, 0.1) is 26.8 Å². The fourth-order valence-electron chi connectivity index (χ4n) is 3.68. The smallest absolute Gasteiger partial charge is 0.408 e. The van der Waals surface area contributed by atoms with Crippen LogP contribution < -0.4 is 15.4 Å². The molecule has 0 bridgehead atoms. The third-order valence-corrected chi connectivity index (χ3v) is 7.68. The fourth-order valence-corrected chi connectivity index (χ4v) is 5.37. The molecule has 0 spiro atoms. The molecule has 0 saturated heterocycles. The van der Waals surface area contributed by atoms with Gasteiger partial charge in [-0.05, 0) is 63.9 Å². The Morgan fingerprint density at radius 2 is 1.84 bits per heavy atom. The predicted molar refractivity (Wildman–Crippen MR) is 139 cm³/mol. The highest BCUT2D eigenvalue weighted by Crippen LogP contribution is 2.36. The SMILES string of the molecule is CC(C)(C)OC(=O)NC1(CNC(=O)c2ccc(S(=O)(=O)Nc3ccc(Cl)c4c(Cl)c[nH]c34)c(F)c2)CC1. The van der Waals surface area contributed by atoms with Crippen molar-refractivity contribution in [1.29, 1.82) is 0 Å². The minimum atomic E-state index is -4.36. The molecule has 2 amide bonds. The van der Waals surface area contributed by atoms with Crippen LogP contribution in [0.25, 0.3) is 10.9 Å². The van der Waals surface area contributed by atoms with Crippen molar-refractivity contribution in [1.82, 2.24) is 15.6 Å². The number of nitrogens with one attached hydrogen (secondary N) is 4. The normalized spacial score (nSPS) is 14.8. The minimum absolute atomic E-state index is 0.0745. The van der Waals surface area contributed by atoms with E-state index >= 15 is 0 Å². The summed E-state index contributed by atoms with van der Waals surface area (Å²) in [7, 11) is -4.36. The Morgan fingerprint density at radius 3 is 2.46 bits per heavy atom. The van der Waals surface area contributed by atoms with E-state index in [1.54, 1.807) is 20.8 Å². The number of rotatable bonds is 7. The molecule has 198 valence electrons. The Kier molecular flexibility index (Phi) is 7.08. The summed E-state index contributed by atoms with van der Waals surface area (Å²) in [4.78, 5) is 26.9. The summed E-state index contributed by atoms with van der Waals surface area (Å²) >= 11 is 12.2. The van der Waals surface area contributed by atoms with Crippen LogP contribution in [0.15, 0.2) is 41.4 Å². The summed E-state index contributed by atoms with van der Waals surface area (Å²) in [5, 5.41) is 6.45. The van der Waals surface area contributed by atoms with Gasteiger partial charge in [0.15, 0.2) is 0 Å². The molecule has 1 saturated carbocycles. The van der Waals surface area contributed by atoms with Crippen LogP contribution in [0.3, 0.4) is 0 Å². The van der Waals surface area contributed by atoms with E-state index in [0.717, 1.165) is 12.1 Å². The fraction of sp³-hybridized carbons (Fsp3) is 0.333. The number of sulfonamides is 1. The summed E-state index contributed by atoms with van der Waals surface area (Å²) < 4.78 is 48.3. The lowest BCUT2D eigenvalue weighted by atomic mass is 10.2. The molecule has 9 nitrogen and oxygen atoms in total. The highest BCUT2D eigenvalue weighted by Gasteiger charge is 2.45. The molecule has 0 radical (unpaired) electrons. The van der Waals surface area contributed by atoms with E-state index in [9.17, 15) is 22.4 Å². The van der Waals surface area contributed by atoms with Gasteiger partial charge in [0.1, 0.15) is 16.3 Å². The molecule has 1 aromatic heterocycles. The molecular weight excluding hydrogens is 546 g/mol. The number of fused-ring (bicyclic) bond motifs is 1. The van der Waals surface area contributed by atoms with Gasteiger partial charge in [-0.1, -0.05) is 23.2 Å². The van der Waals surface area contributed by atoms with Crippen molar-refractivity contribution >= 4 is 61.8 Å². The molecule has 0 atom stereocenters. The van der Waals surface area contributed by atoms with Gasteiger partial charge in [0, 0.05) is 23.7 Å². The van der Waals surface area contributed by atoms with Crippen LogP contribution in [0, 0.1) is 5.82 Å². The highest BCUT2D eigenvalue weighted by atomic mass is 35.5. The Hall–Kier alpha value is -3.02. The lowest BCUT2D eigenvalue weighted by Crippen LogP contribution is -2.47. The van der Waals surface area contributed by atoms with Gasteiger partial charge in [0.2, 0.25) is 0 Å². The number of aromatic amines is 1. The van der Waals surface area contributed by atoms with E-state index in [0.29, 0.717) is 33.8 Å². The molecule has 1 fully saturated rings. The van der Waals surface area contributed by atoms with Crippen molar-refractivity contribution in [2.45, 2.75) is 49.6 Å². The number of benzene rings is 2. The second kappa shape index (κ2) is 9.70. The van der Waals surface area contributed by atoms with Crippen molar-refractivity contribution in [3.05, 3.63) is 58.0 Å². The number of amides is 2. The Labute approximate surface area is 223 Å². The first-order valence-electron chi connectivity index (χ1n) is 11.3. The first-order chi connectivity index (χ1) is 17.2. The monoisotopic (exact) mass is 570 g/mol. The number of ether oxygens (including phenoxy) is 1. The quantitative estimate of drug-likeness (QED) is 0.310. The summed E-state index contributed by atoms with van der Waals surface area (Å²) in [6.07, 6.45) is 2.16. The lowest BCUT2D eigenvalue weighted by molar-refractivity contribution is 0.0493. The number of H-pyrrole nitrogens is 1. The molecule has 1 aliphatic rings. The number of hydrogen-bond donors (Lipinski definition) is 4. The van der Waals surface area contributed by atoms with Gasteiger partial charge >= 0.3 is 6.09 Å². The van der Waals surface area contributed by atoms with Crippen molar-refractivity contribution in [2.24, 2.45) is 0 Å². The minimum Gasteiger partial charge on any atom is -0.444 e. The van der Waals surface area contributed by atoms with Gasteiger partial charge < -0.3 is 20.4 Å². The van der Waals surface area contributed by atoms with Gasteiger partial charge in [0.25, 0.3) is 15.9 Å². The molecule has 13 heteroatoms. The molecule has 4 N–H and O–H groups in total. The number of carbonyl (C=O) groups is 2. The first kappa shape index (κ1) is 27.0. The third-order valence-electron chi connectivity index (χ3n) is 5.67. The summed E-state index contributed by atoms with van der Waals surface area (Å²) in [5.41, 5.74) is -0.902. The maximum absolute atomic E-state index is 14.9. The molecule has 1 heterocycles. The predicted octanol–water partition coefficient (Wildman–Crippen LogP) is 5.20. The van der Waals surface area contributed by atoms with Crippen LogP contribution in [0.4, 0.5) is 14.9 Å². The van der Waals surface area contributed by atoms with E-state index in [1.165, 1.54) is 24.4 Å². The average Bonchev–Trinajstić information content (AvgIpc) is 3.42. The van der Waals surface area contributed by atoms with Crippen LogP contribution in [0.1, 0.15) is 44.0 Å². The van der Waals surface area contributed by atoms with Crippen LogP contribution >= 0.6 is 23.2 Å². The number of aromatic nitrogens is 1. The Morgan fingerprint density at radius 1 is 1.14 bits per heavy atom. The third kappa shape index (κ3) is 6.11. The van der Waals surface area contributed by atoms with E-state index in [1.807, 2.05) is 0 Å². The van der Waals surface area contributed by atoms with Crippen molar-refractivity contribution < 1.29 is 27.1 Å². The zero-order chi connectivity index (χ0) is 27.2. The number of hydrogen-bond acceptors (Lipinski definition) is 5. The number of alkyl carbamates (subject to hydrolysis) is 1. The summed E-state index contributed by atoms with van der Waals surface area (Å²) in [5.74, 6) is -1.73. The van der Waals surface area contributed by atoms with Crippen LogP contribution in [-0.2, 0) is 14.8 Å². The van der Waals surface area contributed by atoms with E-state index in [-0.39, 0.29) is 17.8 Å². The van der Waals surface area contributed by atoms with Gasteiger partial charge in [-0.2, -0.15) is 0 Å². The van der Waals surface area contributed by atoms with Crippen LogP contribution in [0.2, 0.25) is 10.0 Å². The molecule has 1 aliphatic carbocycles. The van der Waals surface area contributed by atoms with Crippen molar-refractivity contribution in [3.63, 3.8) is 0 Å². The van der Waals surface area contributed by atoms with E-state index < -0.39 is 43.9 Å². The standard InChI is InChI=1S/C24H25Cl2FN4O5S/c1-23(2,3)36-22(33)30-24(8-9-24)12-29-21(32)13-4-7-18(16(27)10-13)37(34,35)31-17-6-5-14(25)19-15(26)11-28-20(17)19/h4-7,10-11,28,31H,8-9,12H2,1-3H3,(H,29,32)(H,30,33). The van der Waals surface area contributed by atoms with Gasteiger partial charge in [-0.25, -0.2) is 17.6 Å². The molecule has 37 heavy (non-hydrogen) atoms. The van der Waals surface area contributed by atoms with Crippen molar-refractivity contribution in [3.8, 4) is 0 Å².